The van der Waals surface area contributed by atoms with Crippen molar-refractivity contribution in [3.8, 4) is 17.0 Å². The highest BCUT2D eigenvalue weighted by Crippen LogP contribution is 2.33. The van der Waals surface area contributed by atoms with E-state index < -0.39 is 0 Å². The van der Waals surface area contributed by atoms with Crippen LogP contribution in [0.4, 0.5) is 4.39 Å². The number of aryl methyl sites for hydroxylation is 1. The van der Waals surface area contributed by atoms with E-state index in [1.165, 1.54) is 28.8 Å². The van der Waals surface area contributed by atoms with Crippen LogP contribution >= 0.6 is 0 Å². The topological polar surface area (TPSA) is 27.1 Å². The van der Waals surface area contributed by atoms with Crippen LogP contribution in [-0.4, -0.2) is 16.7 Å². The molecule has 0 aliphatic rings. The number of methoxy groups -OCH3 is 1. The summed E-state index contributed by atoms with van der Waals surface area (Å²) in [5.74, 6) is 0.601. The Kier molecular flexibility index (Phi) is 4.40. The van der Waals surface area contributed by atoms with Gasteiger partial charge in [0.2, 0.25) is 0 Å². The van der Waals surface area contributed by atoms with E-state index in [2.05, 4.69) is 29.5 Å². The van der Waals surface area contributed by atoms with Crippen molar-refractivity contribution in [2.75, 3.05) is 7.11 Å². The number of aromatic nitrogens is 2. The second-order valence-corrected chi connectivity index (χ2v) is 6.71. The molecule has 27 heavy (non-hydrogen) atoms. The van der Waals surface area contributed by atoms with E-state index in [0.29, 0.717) is 6.54 Å². The molecule has 0 fully saturated rings. The number of nitrogens with zero attached hydrogens (tertiary/aromatic N) is 2. The lowest BCUT2D eigenvalue weighted by Crippen LogP contribution is -2.03. The van der Waals surface area contributed by atoms with Gasteiger partial charge in [-0.2, -0.15) is 0 Å². The van der Waals surface area contributed by atoms with E-state index in [1.54, 1.807) is 7.11 Å². The Balaban J connectivity index is 1.90. The zero-order chi connectivity index (χ0) is 19.0. The first-order chi connectivity index (χ1) is 13.1. The average Bonchev–Trinajstić information content (AvgIpc) is 2.95. The van der Waals surface area contributed by atoms with Gasteiger partial charge in [-0.25, -0.2) is 4.39 Å². The number of ether oxygens (including phenoxy) is 1. The Hall–Kier alpha value is -3.14. The van der Waals surface area contributed by atoms with Gasteiger partial charge in [0.25, 0.3) is 0 Å². The van der Waals surface area contributed by atoms with Crippen LogP contribution in [0, 0.1) is 19.7 Å². The molecule has 2 aromatic heterocycles. The molecule has 2 heterocycles. The number of hydrogen-bond acceptors (Lipinski definition) is 2. The summed E-state index contributed by atoms with van der Waals surface area (Å²) in [5, 5.41) is 1.19. The molecule has 0 bridgehead atoms. The Labute approximate surface area is 158 Å². The fourth-order valence-electron chi connectivity index (χ4n) is 3.53. The molecule has 0 aliphatic heterocycles. The van der Waals surface area contributed by atoms with Crippen LogP contribution in [-0.2, 0) is 6.54 Å². The SMILES string of the molecule is COc1ccc(-c2nccc3c(C)c(C)n(Cc4ccc(F)cc4)c23)cc1. The minimum atomic E-state index is -0.218. The van der Waals surface area contributed by atoms with Gasteiger partial charge in [0.15, 0.2) is 0 Å². The number of fused-ring (bicyclic) bond motifs is 1. The third-order valence-corrected chi connectivity index (χ3v) is 5.16. The summed E-state index contributed by atoms with van der Waals surface area (Å²) in [5.41, 5.74) is 6.57. The summed E-state index contributed by atoms with van der Waals surface area (Å²) in [6, 6.07) is 16.7. The molecular formula is C23H21FN2O. The maximum absolute atomic E-state index is 13.3. The van der Waals surface area contributed by atoms with Crippen molar-refractivity contribution >= 4 is 10.9 Å². The van der Waals surface area contributed by atoms with E-state index in [-0.39, 0.29) is 5.82 Å². The van der Waals surface area contributed by atoms with Crippen LogP contribution in [0.5, 0.6) is 5.75 Å². The number of pyridine rings is 1. The molecule has 0 spiro atoms. The van der Waals surface area contributed by atoms with Crippen LogP contribution in [0.15, 0.2) is 60.8 Å². The second kappa shape index (κ2) is 6.88. The lowest BCUT2D eigenvalue weighted by Gasteiger charge is -2.12. The van der Waals surface area contributed by atoms with Crippen molar-refractivity contribution in [2.45, 2.75) is 20.4 Å². The summed E-state index contributed by atoms with van der Waals surface area (Å²) >= 11 is 0. The molecule has 4 rings (SSSR count). The number of benzene rings is 2. The highest BCUT2D eigenvalue weighted by Gasteiger charge is 2.16. The third kappa shape index (κ3) is 3.08. The Morgan fingerprint density at radius 3 is 2.33 bits per heavy atom. The quantitative estimate of drug-likeness (QED) is 0.479. The van der Waals surface area contributed by atoms with E-state index in [9.17, 15) is 4.39 Å². The van der Waals surface area contributed by atoms with E-state index in [4.69, 9.17) is 4.74 Å². The first-order valence-electron chi connectivity index (χ1n) is 8.91. The molecular weight excluding hydrogens is 339 g/mol. The largest absolute Gasteiger partial charge is 0.497 e. The maximum atomic E-state index is 13.3. The van der Waals surface area contributed by atoms with Crippen LogP contribution < -0.4 is 4.74 Å². The fourth-order valence-corrected chi connectivity index (χ4v) is 3.53. The van der Waals surface area contributed by atoms with Crippen molar-refractivity contribution in [2.24, 2.45) is 0 Å². The summed E-state index contributed by atoms with van der Waals surface area (Å²) in [6.45, 7) is 4.93. The van der Waals surface area contributed by atoms with Crippen molar-refractivity contribution in [1.82, 2.24) is 9.55 Å². The van der Waals surface area contributed by atoms with Crippen LogP contribution in [0.1, 0.15) is 16.8 Å². The van der Waals surface area contributed by atoms with Gasteiger partial charge in [-0.15, -0.1) is 0 Å². The van der Waals surface area contributed by atoms with Gasteiger partial charge < -0.3 is 9.30 Å². The highest BCUT2D eigenvalue weighted by atomic mass is 19.1. The third-order valence-electron chi connectivity index (χ3n) is 5.16. The smallest absolute Gasteiger partial charge is 0.123 e. The molecule has 0 aliphatic carbocycles. The minimum Gasteiger partial charge on any atom is -0.497 e. The molecule has 0 amide bonds. The minimum absolute atomic E-state index is 0.218. The molecule has 2 aromatic carbocycles. The zero-order valence-corrected chi connectivity index (χ0v) is 15.7. The summed E-state index contributed by atoms with van der Waals surface area (Å²) in [4.78, 5) is 4.68. The van der Waals surface area contributed by atoms with Crippen molar-refractivity contribution < 1.29 is 9.13 Å². The van der Waals surface area contributed by atoms with Gasteiger partial charge in [0, 0.05) is 29.4 Å². The average molecular weight is 360 g/mol. The summed E-state index contributed by atoms with van der Waals surface area (Å²) in [6.07, 6.45) is 1.86. The molecule has 136 valence electrons. The fraction of sp³-hybridized carbons (Fsp3) is 0.174. The molecule has 0 N–H and O–H groups in total. The number of rotatable bonds is 4. The second-order valence-electron chi connectivity index (χ2n) is 6.71. The lowest BCUT2D eigenvalue weighted by atomic mass is 10.1. The highest BCUT2D eigenvalue weighted by molar-refractivity contribution is 5.95. The normalized spacial score (nSPS) is 11.1. The monoisotopic (exact) mass is 360 g/mol. The van der Waals surface area contributed by atoms with Gasteiger partial charge in [-0.3, -0.25) is 4.98 Å². The van der Waals surface area contributed by atoms with Gasteiger partial charge in [0.05, 0.1) is 18.3 Å². The van der Waals surface area contributed by atoms with Gasteiger partial charge in [-0.1, -0.05) is 12.1 Å². The molecule has 3 nitrogen and oxygen atoms in total. The zero-order valence-electron chi connectivity index (χ0n) is 15.7. The van der Waals surface area contributed by atoms with Gasteiger partial charge in [0.1, 0.15) is 11.6 Å². The van der Waals surface area contributed by atoms with E-state index >= 15 is 0 Å². The summed E-state index contributed by atoms with van der Waals surface area (Å²) in [7, 11) is 1.66. The molecule has 0 atom stereocenters. The predicted octanol–water partition coefficient (Wildman–Crippen LogP) is 5.52. The number of halogens is 1. The molecule has 0 unspecified atom stereocenters. The first-order valence-corrected chi connectivity index (χ1v) is 8.91. The van der Waals surface area contributed by atoms with E-state index in [0.717, 1.165) is 28.1 Å². The Morgan fingerprint density at radius 2 is 1.67 bits per heavy atom. The van der Waals surface area contributed by atoms with Crippen molar-refractivity contribution in [1.29, 1.82) is 0 Å². The number of hydrogen-bond donors (Lipinski definition) is 0. The first kappa shape index (κ1) is 17.3. The Morgan fingerprint density at radius 1 is 0.963 bits per heavy atom. The van der Waals surface area contributed by atoms with Gasteiger partial charge >= 0.3 is 0 Å². The van der Waals surface area contributed by atoms with Crippen LogP contribution in [0.25, 0.3) is 22.2 Å². The van der Waals surface area contributed by atoms with Crippen molar-refractivity contribution in [3.05, 3.63) is 83.4 Å². The van der Waals surface area contributed by atoms with Crippen LogP contribution in [0.2, 0.25) is 0 Å². The van der Waals surface area contributed by atoms with Crippen molar-refractivity contribution in [3.63, 3.8) is 0 Å². The van der Waals surface area contributed by atoms with Crippen LogP contribution in [0.3, 0.4) is 0 Å². The molecule has 0 saturated heterocycles. The molecule has 0 radical (unpaired) electrons. The molecule has 4 heteroatoms. The maximum Gasteiger partial charge on any atom is 0.123 e. The van der Waals surface area contributed by atoms with E-state index in [1.807, 2.05) is 42.6 Å². The van der Waals surface area contributed by atoms with Gasteiger partial charge in [-0.05, 0) is 67.4 Å². The molecule has 0 saturated carbocycles. The Bertz CT molecular complexity index is 1100. The molecule has 4 aromatic rings. The predicted molar refractivity (Wildman–Crippen MR) is 107 cm³/mol. The lowest BCUT2D eigenvalue weighted by molar-refractivity contribution is 0.415. The standard InChI is InChI=1S/C23H21FN2O/c1-15-16(2)26(14-17-4-8-19(24)9-5-17)23-21(15)12-13-25-22(23)18-6-10-20(27-3)11-7-18/h4-13H,14H2,1-3H3. The summed E-state index contributed by atoms with van der Waals surface area (Å²) < 4.78 is 20.8.